The van der Waals surface area contributed by atoms with E-state index in [0.29, 0.717) is 42.6 Å². The van der Waals surface area contributed by atoms with Crippen molar-refractivity contribution < 1.29 is 14.3 Å². The predicted octanol–water partition coefficient (Wildman–Crippen LogP) is 4.39. The van der Waals surface area contributed by atoms with Gasteiger partial charge in [0.1, 0.15) is 11.6 Å². The maximum atomic E-state index is 13.4. The topological polar surface area (TPSA) is 85.6 Å². The molecule has 2 aromatic carbocycles. The van der Waals surface area contributed by atoms with Crippen LogP contribution in [0, 0.1) is 13.8 Å². The summed E-state index contributed by atoms with van der Waals surface area (Å²) in [5, 5.41) is 5.89. The molecule has 2 aliphatic heterocycles. The fourth-order valence-electron chi connectivity index (χ4n) is 5.34. The number of aryl methyl sites for hydroxylation is 2. The molecule has 2 fully saturated rings. The van der Waals surface area contributed by atoms with Crippen molar-refractivity contribution in [2.24, 2.45) is 0 Å². The van der Waals surface area contributed by atoms with Crippen molar-refractivity contribution in [2.75, 3.05) is 37.9 Å². The van der Waals surface area contributed by atoms with E-state index < -0.39 is 0 Å². The molecule has 194 valence electrons. The number of ether oxygens (including phenoxy) is 2. The lowest BCUT2D eigenvalue weighted by Gasteiger charge is -2.24. The molecule has 7 rings (SSSR count). The van der Waals surface area contributed by atoms with Crippen LogP contribution in [0.25, 0.3) is 16.7 Å². The summed E-state index contributed by atoms with van der Waals surface area (Å²) in [5.74, 6) is 3.58. The molecule has 4 aromatic rings. The second kappa shape index (κ2) is 9.01. The molecule has 0 bridgehead atoms. The molecular weight excluding hydrogens is 480 g/mol. The first-order chi connectivity index (χ1) is 18.5. The number of rotatable bonds is 4. The SMILES string of the molecule is Cc1ccc(-n2nc(C)c3c(N4CCCN(C(=O)c5ccc6c(c5)OCO6)CC4)nc(C4CC4)nc32)cc1. The van der Waals surface area contributed by atoms with Gasteiger partial charge >= 0.3 is 0 Å². The van der Waals surface area contributed by atoms with Gasteiger partial charge in [0.2, 0.25) is 6.79 Å². The van der Waals surface area contributed by atoms with Crippen LogP contribution in [0.1, 0.15) is 52.6 Å². The first kappa shape index (κ1) is 23.0. The van der Waals surface area contributed by atoms with E-state index in [1.807, 2.05) is 28.6 Å². The minimum atomic E-state index is 0.0139. The minimum Gasteiger partial charge on any atom is -0.454 e. The molecule has 2 aromatic heterocycles. The van der Waals surface area contributed by atoms with Crippen LogP contribution < -0.4 is 14.4 Å². The molecule has 0 spiro atoms. The standard InChI is InChI=1S/C29H30N6O3/c1-18-4-9-22(10-5-18)35-28-25(19(2)32-35)27(30-26(31-28)20-6-7-20)33-12-3-13-34(15-14-33)29(36)21-8-11-23-24(16-21)38-17-37-23/h4-5,8-11,16,20H,3,6-7,12-15,17H2,1-2H3. The molecule has 3 aliphatic rings. The Balaban J connectivity index is 1.21. The smallest absolute Gasteiger partial charge is 0.254 e. The van der Waals surface area contributed by atoms with Gasteiger partial charge in [-0.1, -0.05) is 17.7 Å². The van der Waals surface area contributed by atoms with E-state index in [4.69, 9.17) is 24.5 Å². The lowest BCUT2D eigenvalue weighted by atomic mass is 10.1. The molecule has 1 saturated heterocycles. The van der Waals surface area contributed by atoms with Gasteiger partial charge in [-0.3, -0.25) is 4.79 Å². The van der Waals surface area contributed by atoms with Gasteiger partial charge in [0, 0.05) is 37.7 Å². The molecule has 9 nitrogen and oxygen atoms in total. The quantitative estimate of drug-likeness (QED) is 0.403. The van der Waals surface area contributed by atoms with Crippen molar-refractivity contribution in [1.82, 2.24) is 24.6 Å². The molecule has 0 N–H and O–H groups in total. The van der Waals surface area contributed by atoms with Crippen molar-refractivity contribution in [1.29, 1.82) is 0 Å². The van der Waals surface area contributed by atoms with Crippen molar-refractivity contribution >= 4 is 22.8 Å². The average Bonchev–Trinajstić information content (AvgIpc) is 3.65. The zero-order valence-corrected chi connectivity index (χ0v) is 21.7. The summed E-state index contributed by atoms with van der Waals surface area (Å²) in [7, 11) is 0. The summed E-state index contributed by atoms with van der Waals surface area (Å²) in [6.07, 6.45) is 3.10. The maximum absolute atomic E-state index is 13.4. The molecule has 9 heteroatoms. The van der Waals surface area contributed by atoms with Crippen LogP contribution in [0.2, 0.25) is 0 Å². The number of amides is 1. The van der Waals surface area contributed by atoms with Gasteiger partial charge in [0.15, 0.2) is 17.1 Å². The van der Waals surface area contributed by atoms with Crippen LogP contribution >= 0.6 is 0 Å². The van der Waals surface area contributed by atoms with Gasteiger partial charge in [-0.2, -0.15) is 5.10 Å². The van der Waals surface area contributed by atoms with E-state index in [9.17, 15) is 4.79 Å². The molecule has 1 saturated carbocycles. The number of anilines is 1. The van der Waals surface area contributed by atoms with E-state index in [1.54, 1.807) is 6.07 Å². The Labute approximate surface area is 221 Å². The monoisotopic (exact) mass is 510 g/mol. The Morgan fingerprint density at radius 2 is 1.74 bits per heavy atom. The third-order valence-corrected chi connectivity index (χ3v) is 7.62. The van der Waals surface area contributed by atoms with E-state index in [1.165, 1.54) is 5.56 Å². The van der Waals surface area contributed by atoms with Crippen LogP contribution in [0.4, 0.5) is 5.82 Å². The summed E-state index contributed by atoms with van der Waals surface area (Å²) >= 11 is 0. The summed E-state index contributed by atoms with van der Waals surface area (Å²) in [5.41, 5.74) is 4.60. The Hall–Kier alpha value is -4.14. The Bertz CT molecular complexity index is 1540. The van der Waals surface area contributed by atoms with Crippen molar-refractivity contribution in [3.8, 4) is 17.2 Å². The Morgan fingerprint density at radius 1 is 0.921 bits per heavy atom. The van der Waals surface area contributed by atoms with Crippen LogP contribution in [0.3, 0.4) is 0 Å². The van der Waals surface area contributed by atoms with E-state index in [-0.39, 0.29) is 12.7 Å². The zero-order valence-electron chi connectivity index (χ0n) is 21.7. The van der Waals surface area contributed by atoms with Gasteiger partial charge in [0.25, 0.3) is 5.91 Å². The van der Waals surface area contributed by atoms with Gasteiger partial charge < -0.3 is 19.3 Å². The number of carbonyl (C=O) groups is 1. The summed E-state index contributed by atoms with van der Waals surface area (Å²) in [6.45, 7) is 7.13. The number of nitrogens with zero attached hydrogens (tertiary/aromatic N) is 6. The minimum absolute atomic E-state index is 0.0139. The third-order valence-electron chi connectivity index (χ3n) is 7.62. The highest BCUT2D eigenvalue weighted by molar-refractivity contribution is 5.95. The fraction of sp³-hybridized carbons (Fsp3) is 0.379. The average molecular weight is 511 g/mol. The molecule has 38 heavy (non-hydrogen) atoms. The zero-order chi connectivity index (χ0) is 25.8. The van der Waals surface area contributed by atoms with Gasteiger partial charge in [-0.05, 0) is 63.4 Å². The predicted molar refractivity (Wildman–Crippen MR) is 143 cm³/mol. The van der Waals surface area contributed by atoms with Gasteiger partial charge in [-0.25, -0.2) is 14.6 Å². The highest BCUT2D eigenvalue weighted by atomic mass is 16.7. The van der Waals surface area contributed by atoms with Crippen molar-refractivity contribution in [2.45, 2.75) is 39.0 Å². The summed E-state index contributed by atoms with van der Waals surface area (Å²) < 4.78 is 12.8. The van der Waals surface area contributed by atoms with Crippen LogP contribution in [-0.4, -0.2) is 63.5 Å². The molecule has 1 aliphatic carbocycles. The number of carbonyl (C=O) groups excluding carboxylic acids is 1. The van der Waals surface area contributed by atoms with Gasteiger partial charge in [0.05, 0.1) is 16.8 Å². The molecule has 1 amide bonds. The normalized spacial score (nSPS) is 17.2. The second-order valence-corrected chi connectivity index (χ2v) is 10.4. The maximum Gasteiger partial charge on any atom is 0.254 e. The third kappa shape index (κ3) is 4.02. The Morgan fingerprint density at radius 3 is 2.55 bits per heavy atom. The van der Waals surface area contributed by atoms with E-state index in [2.05, 4.69) is 36.1 Å². The highest BCUT2D eigenvalue weighted by Crippen LogP contribution is 2.41. The summed E-state index contributed by atoms with van der Waals surface area (Å²) in [4.78, 5) is 27.7. The molecular formula is C29H30N6O3. The fourth-order valence-corrected chi connectivity index (χ4v) is 5.34. The molecule has 0 radical (unpaired) electrons. The Kier molecular flexibility index (Phi) is 5.45. The van der Waals surface area contributed by atoms with Crippen molar-refractivity contribution in [3.05, 3.63) is 65.1 Å². The molecule has 4 heterocycles. The summed E-state index contributed by atoms with van der Waals surface area (Å²) in [6, 6.07) is 13.8. The molecule has 0 unspecified atom stereocenters. The van der Waals surface area contributed by atoms with Crippen molar-refractivity contribution in [3.63, 3.8) is 0 Å². The van der Waals surface area contributed by atoms with Gasteiger partial charge in [-0.15, -0.1) is 0 Å². The van der Waals surface area contributed by atoms with E-state index >= 15 is 0 Å². The van der Waals surface area contributed by atoms with Crippen LogP contribution in [-0.2, 0) is 0 Å². The number of aromatic nitrogens is 4. The molecule has 0 atom stereocenters. The number of hydrogen-bond donors (Lipinski definition) is 0. The number of hydrogen-bond acceptors (Lipinski definition) is 7. The highest BCUT2D eigenvalue weighted by Gasteiger charge is 2.31. The largest absolute Gasteiger partial charge is 0.454 e. The lowest BCUT2D eigenvalue weighted by molar-refractivity contribution is 0.0766. The van der Waals surface area contributed by atoms with Crippen LogP contribution in [0.5, 0.6) is 11.5 Å². The van der Waals surface area contributed by atoms with E-state index in [0.717, 1.165) is 59.9 Å². The first-order valence-electron chi connectivity index (χ1n) is 13.3. The lowest BCUT2D eigenvalue weighted by Crippen LogP contribution is -2.35. The second-order valence-electron chi connectivity index (χ2n) is 10.4. The van der Waals surface area contributed by atoms with Crippen LogP contribution in [0.15, 0.2) is 42.5 Å². The first-order valence-corrected chi connectivity index (χ1v) is 13.3. The number of fused-ring (bicyclic) bond motifs is 2. The number of benzene rings is 2.